The van der Waals surface area contributed by atoms with Crippen LogP contribution in [0.3, 0.4) is 0 Å². The summed E-state index contributed by atoms with van der Waals surface area (Å²) in [5.41, 5.74) is 13.6. The Bertz CT molecular complexity index is 1580. The van der Waals surface area contributed by atoms with E-state index in [2.05, 4.69) is 64.8 Å². The van der Waals surface area contributed by atoms with E-state index in [0.717, 1.165) is 59.8 Å². The predicted octanol–water partition coefficient (Wildman–Crippen LogP) is 10.3. The van der Waals surface area contributed by atoms with Crippen LogP contribution in [0.5, 0.6) is 0 Å². The number of azo groups is 3. The molecule has 0 atom stereocenters. The third-order valence-corrected chi connectivity index (χ3v) is 9.18. The van der Waals surface area contributed by atoms with Crippen molar-refractivity contribution in [1.29, 1.82) is 0 Å². The molecule has 4 aromatic carbocycles. The molecule has 4 aliphatic rings. The van der Waals surface area contributed by atoms with Crippen molar-refractivity contribution < 1.29 is 0 Å². The summed E-state index contributed by atoms with van der Waals surface area (Å²) in [7, 11) is 0. The van der Waals surface area contributed by atoms with E-state index >= 15 is 0 Å². The van der Waals surface area contributed by atoms with Crippen molar-refractivity contribution in [1.82, 2.24) is 0 Å². The number of nitrogens with zero attached hydrogens (tertiary/aromatic N) is 8. The molecule has 8 rings (SSSR count). The molecule has 4 aromatic rings. The number of anilines is 2. The molecule has 0 N–H and O–H groups in total. The lowest BCUT2D eigenvalue weighted by atomic mass is 9.91. The normalized spacial score (nSPS) is 17.5. The van der Waals surface area contributed by atoms with Gasteiger partial charge in [0.25, 0.3) is 0 Å². The lowest BCUT2D eigenvalue weighted by Crippen LogP contribution is -2.34. The van der Waals surface area contributed by atoms with Crippen molar-refractivity contribution in [3.05, 3.63) is 95.1 Å². The van der Waals surface area contributed by atoms with Gasteiger partial charge in [-0.05, 0) is 146 Å². The predicted molar refractivity (Wildman–Crippen MR) is 176 cm³/mol. The Hall–Kier alpha value is -4.72. The van der Waals surface area contributed by atoms with Gasteiger partial charge in [0, 0.05) is 37.6 Å². The summed E-state index contributed by atoms with van der Waals surface area (Å²) in [5.74, 6) is 0. The minimum absolute atomic E-state index is 0.765. The smallest absolute Gasteiger partial charge is 0.0864 e. The molecule has 220 valence electrons. The highest BCUT2D eigenvalue weighted by molar-refractivity contribution is 5.68. The van der Waals surface area contributed by atoms with E-state index in [0.29, 0.717) is 0 Å². The molecule has 0 unspecified atom stereocenters. The first-order chi connectivity index (χ1) is 21.7. The summed E-state index contributed by atoms with van der Waals surface area (Å²) < 4.78 is 0. The summed E-state index contributed by atoms with van der Waals surface area (Å²) in [6.45, 7) is 4.71. The molecule has 0 fully saturated rings. The second-order valence-electron chi connectivity index (χ2n) is 12.2. The average Bonchev–Trinajstić information content (AvgIpc) is 3.07. The lowest BCUT2D eigenvalue weighted by molar-refractivity contribution is 0.634. The number of hydrogen-bond acceptors (Lipinski definition) is 8. The maximum absolute atomic E-state index is 4.58. The Morgan fingerprint density at radius 3 is 0.864 bits per heavy atom. The fourth-order valence-corrected chi connectivity index (χ4v) is 7.20. The van der Waals surface area contributed by atoms with Gasteiger partial charge < -0.3 is 9.80 Å². The summed E-state index contributed by atoms with van der Waals surface area (Å²) in [6.07, 6.45) is 9.38. The van der Waals surface area contributed by atoms with Crippen LogP contribution in [0, 0.1) is 0 Å². The highest BCUT2D eigenvalue weighted by Gasteiger charge is 2.25. The fourth-order valence-electron chi connectivity index (χ4n) is 7.20. The highest BCUT2D eigenvalue weighted by atomic mass is 15.2. The van der Waals surface area contributed by atoms with Crippen LogP contribution in [0.25, 0.3) is 0 Å². The van der Waals surface area contributed by atoms with Crippen LogP contribution in [0.4, 0.5) is 45.5 Å². The van der Waals surface area contributed by atoms with Crippen LogP contribution >= 0.6 is 0 Å². The van der Waals surface area contributed by atoms with Gasteiger partial charge in [-0.2, -0.15) is 30.7 Å². The van der Waals surface area contributed by atoms with E-state index in [1.165, 1.54) is 85.5 Å². The molecule has 0 saturated heterocycles. The monoisotopic (exact) mass is 580 g/mol. The Labute approximate surface area is 258 Å². The first kappa shape index (κ1) is 26.9. The van der Waals surface area contributed by atoms with Gasteiger partial charge >= 0.3 is 0 Å². The van der Waals surface area contributed by atoms with Crippen LogP contribution in [-0.4, -0.2) is 26.2 Å². The Kier molecular flexibility index (Phi) is 7.18. The molecule has 8 nitrogen and oxygen atoms in total. The van der Waals surface area contributed by atoms with Gasteiger partial charge in [-0.15, -0.1) is 0 Å². The molecule has 0 amide bonds. The first-order valence-corrected chi connectivity index (χ1v) is 16.0. The van der Waals surface area contributed by atoms with Gasteiger partial charge in [0.15, 0.2) is 0 Å². The van der Waals surface area contributed by atoms with E-state index in [1.807, 2.05) is 48.5 Å². The van der Waals surface area contributed by atoms with E-state index in [-0.39, 0.29) is 0 Å². The molecule has 4 heterocycles. The number of benzene rings is 4. The van der Waals surface area contributed by atoms with Gasteiger partial charge in [0.1, 0.15) is 0 Å². The van der Waals surface area contributed by atoms with Crippen LogP contribution in [0.15, 0.2) is 103 Å². The molecule has 0 bridgehead atoms. The minimum Gasteiger partial charge on any atom is -0.371 e. The van der Waals surface area contributed by atoms with Gasteiger partial charge in [0.2, 0.25) is 0 Å². The molecule has 8 heteroatoms. The summed E-state index contributed by atoms with van der Waals surface area (Å²) in [5, 5.41) is 27.0. The Morgan fingerprint density at radius 1 is 0.341 bits per heavy atom. The van der Waals surface area contributed by atoms with Crippen LogP contribution < -0.4 is 9.80 Å². The first-order valence-electron chi connectivity index (χ1n) is 16.0. The van der Waals surface area contributed by atoms with Crippen LogP contribution in [0.1, 0.15) is 47.9 Å². The maximum Gasteiger partial charge on any atom is 0.0864 e. The van der Waals surface area contributed by atoms with Crippen molar-refractivity contribution in [3.63, 3.8) is 0 Å². The number of aryl methyl sites for hydroxylation is 4. The largest absolute Gasteiger partial charge is 0.371 e. The van der Waals surface area contributed by atoms with E-state index in [4.69, 9.17) is 0 Å². The zero-order valence-electron chi connectivity index (χ0n) is 25.0. The van der Waals surface area contributed by atoms with Gasteiger partial charge in [-0.25, -0.2) is 0 Å². The van der Waals surface area contributed by atoms with Crippen LogP contribution in [0.2, 0.25) is 0 Å². The Morgan fingerprint density at radius 2 is 0.591 bits per heavy atom. The molecular formula is C36H36N8. The molecule has 44 heavy (non-hydrogen) atoms. The molecule has 4 aliphatic heterocycles. The molecule has 0 radical (unpaired) electrons. The molecule has 0 saturated carbocycles. The van der Waals surface area contributed by atoms with Gasteiger partial charge in [0.05, 0.1) is 34.1 Å². The van der Waals surface area contributed by atoms with E-state index in [9.17, 15) is 0 Å². The van der Waals surface area contributed by atoms with Gasteiger partial charge in [-0.1, -0.05) is 0 Å². The highest BCUT2D eigenvalue weighted by Crippen LogP contribution is 2.40. The Balaban J connectivity index is 0.905. The number of rotatable bonds is 6. The third-order valence-electron chi connectivity index (χ3n) is 9.18. The zero-order chi connectivity index (χ0) is 29.3. The summed E-state index contributed by atoms with van der Waals surface area (Å²) >= 11 is 0. The van der Waals surface area contributed by atoms with E-state index in [1.54, 1.807) is 0 Å². The van der Waals surface area contributed by atoms with Crippen molar-refractivity contribution in [2.45, 2.75) is 51.4 Å². The molecule has 0 aromatic heterocycles. The van der Waals surface area contributed by atoms with Crippen molar-refractivity contribution in [2.24, 2.45) is 30.7 Å². The SMILES string of the molecule is c1cc(N=Nc2cc3c4c(c2)CCCN4CCC3)ccc1N=Nc1ccc(N=Nc2cc3c4c(c2)CCCN4CCC3)cc1. The number of hydrogen-bond donors (Lipinski definition) is 0. The topological polar surface area (TPSA) is 80.6 Å². The maximum atomic E-state index is 4.58. The summed E-state index contributed by atoms with van der Waals surface area (Å²) in [6, 6.07) is 24.2. The molecule has 0 spiro atoms. The second kappa shape index (κ2) is 11.8. The van der Waals surface area contributed by atoms with Crippen LogP contribution in [-0.2, 0) is 25.7 Å². The standard InChI is InChI=1S/C36H36N8/c1-5-25-21-33(22-26-6-2-18-43(17-1)35(25)26)41-39-31-13-9-29(10-14-31)37-38-30-11-15-32(16-12-30)40-42-34-23-27-7-3-19-44-20-4-8-28(24-34)36(27)44/h9-16,21-24H,1-8,17-20H2. The van der Waals surface area contributed by atoms with Crippen molar-refractivity contribution >= 4 is 45.5 Å². The van der Waals surface area contributed by atoms with Crippen molar-refractivity contribution in [3.8, 4) is 0 Å². The molecule has 0 aliphatic carbocycles. The lowest BCUT2D eigenvalue weighted by Gasteiger charge is -2.36. The zero-order valence-corrected chi connectivity index (χ0v) is 25.0. The molecular weight excluding hydrogens is 544 g/mol. The van der Waals surface area contributed by atoms with Crippen molar-refractivity contribution in [2.75, 3.05) is 36.0 Å². The van der Waals surface area contributed by atoms with E-state index < -0.39 is 0 Å². The quantitative estimate of drug-likeness (QED) is 0.213. The van der Waals surface area contributed by atoms with Gasteiger partial charge in [-0.3, -0.25) is 0 Å². The minimum atomic E-state index is 0.765. The average molecular weight is 581 g/mol. The fraction of sp³-hybridized carbons (Fsp3) is 0.333. The third kappa shape index (κ3) is 5.52. The second-order valence-corrected chi connectivity index (χ2v) is 12.2. The summed E-state index contributed by atoms with van der Waals surface area (Å²) in [4.78, 5) is 5.09.